The van der Waals surface area contributed by atoms with Gasteiger partial charge in [0, 0.05) is 23.8 Å². The lowest BCUT2D eigenvalue weighted by atomic mass is 9.95. The monoisotopic (exact) mass is 275 g/mol. The predicted molar refractivity (Wildman–Crippen MR) is 86.1 cm³/mol. The molecular formula is C17H29N3. The minimum Gasteiger partial charge on any atom is -0.367 e. The van der Waals surface area contributed by atoms with Gasteiger partial charge in [-0.05, 0) is 51.8 Å². The molecule has 0 spiro atoms. The van der Waals surface area contributed by atoms with Gasteiger partial charge in [-0.15, -0.1) is 0 Å². The highest BCUT2D eigenvalue weighted by atomic mass is 15.2. The molecule has 1 fully saturated rings. The fourth-order valence-corrected chi connectivity index (χ4v) is 3.04. The standard InChI is InChI=1S/C17H29N3/c1-4-12-20-13-7-6-10-16(20)15-9-8-11-18-17(15)19-14(3)5-2/h8-9,11,14,16H,4-7,10,12-13H2,1-3H3,(H,18,19)/t14-,16-/m1/s1. The molecule has 0 aliphatic carbocycles. The second kappa shape index (κ2) is 7.63. The number of hydrogen-bond acceptors (Lipinski definition) is 3. The van der Waals surface area contributed by atoms with Crippen LogP contribution in [-0.4, -0.2) is 29.0 Å². The number of nitrogens with one attached hydrogen (secondary N) is 1. The van der Waals surface area contributed by atoms with E-state index in [1.54, 1.807) is 0 Å². The molecule has 3 heteroatoms. The van der Waals surface area contributed by atoms with Crippen molar-refractivity contribution in [2.24, 2.45) is 0 Å². The lowest BCUT2D eigenvalue weighted by molar-refractivity contribution is 0.149. The smallest absolute Gasteiger partial charge is 0.130 e. The van der Waals surface area contributed by atoms with Gasteiger partial charge in [-0.25, -0.2) is 4.98 Å². The first-order valence-electron chi connectivity index (χ1n) is 8.21. The Balaban J connectivity index is 2.20. The third-order valence-corrected chi connectivity index (χ3v) is 4.32. The van der Waals surface area contributed by atoms with Crippen LogP contribution in [0.4, 0.5) is 5.82 Å². The average Bonchev–Trinajstić information content (AvgIpc) is 2.49. The SMILES string of the molecule is CCCN1CCCC[C@@H]1c1cccnc1N[C@H](C)CC. The lowest BCUT2D eigenvalue weighted by Crippen LogP contribution is -2.34. The van der Waals surface area contributed by atoms with E-state index in [1.807, 2.05) is 6.20 Å². The maximum Gasteiger partial charge on any atom is 0.130 e. The highest BCUT2D eigenvalue weighted by Crippen LogP contribution is 2.34. The van der Waals surface area contributed by atoms with Crippen LogP contribution in [0.5, 0.6) is 0 Å². The van der Waals surface area contributed by atoms with E-state index in [9.17, 15) is 0 Å². The minimum atomic E-state index is 0.479. The summed E-state index contributed by atoms with van der Waals surface area (Å²) in [5, 5.41) is 3.58. The van der Waals surface area contributed by atoms with Crippen LogP contribution in [-0.2, 0) is 0 Å². The maximum atomic E-state index is 4.60. The molecule has 0 saturated carbocycles. The van der Waals surface area contributed by atoms with Crippen LogP contribution in [0.3, 0.4) is 0 Å². The third kappa shape index (κ3) is 3.72. The summed E-state index contributed by atoms with van der Waals surface area (Å²) in [4.78, 5) is 7.24. The number of aromatic nitrogens is 1. The van der Waals surface area contributed by atoms with Crippen LogP contribution in [0.15, 0.2) is 18.3 Å². The Kier molecular flexibility index (Phi) is 5.84. The van der Waals surface area contributed by atoms with Crippen molar-refractivity contribution in [1.29, 1.82) is 0 Å². The van der Waals surface area contributed by atoms with E-state index in [0.717, 1.165) is 12.2 Å². The highest BCUT2D eigenvalue weighted by Gasteiger charge is 2.25. The Morgan fingerprint density at radius 3 is 3.00 bits per heavy atom. The minimum absolute atomic E-state index is 0.479. The summed E-state index contributed by atoms with van der Waals surface area (Å²) in [7, 11) is 0. The Morgan fingerprint density at radius 1 is 1.40 bits per heavy atom. The molecule has 0 unspecified atom stereocenters. The molecule has 0 bridgehead atoms. The van der Waals surface area contributed by atoms with Crippen molar-refractivity contribution < 1.29 is 0 Å². The number of nitrogens with zero attached hydrogens (tertiary/aromatic N) is 2. The molecule has 2 rings (SSSR count). The third-order valence-electron chi connectivity index (χ3n) is 4.32. The van der Waals surface area contributed by atoms with Crippen LogP contribution in [0, 0.1) is 0 Å². The molecule has 1 aromatic heterocycles. The van der Waals surface area contributed by atoms with E-state index in [4.69, 9.17) is 0 Å². The van der Waals surface area contributed by atoms with Crippen molar-refractivity contribution in [1.82, 2.24) is 9.88 Å². The molecule has 2 heterocycles. The van der Waals surface area contributed by atoms with Gasteiger partial charge in [-0.1, -0.05) is 26.3 Å². The molecule has 0 aromatic carbocycles. The average molecular weight is 275 g/mol. The Bertz CT molecular complexity index is 403. The fraction of sp³-hybridized carbons (Fsp3) is 0.706. The second-order valence-electron chi connectivity index (χ2n) is 5.94. The molecule has 3 nitrogen and oxygen atoms in total. The van der Waals surface area contributed by atoms with Crippen molar-refractivity contribution in [3.05, 3.63) is 23.9 Å². The first-order valence-corrected chi connectivity index (χ1v) is 8.21. The Labute approximate surface area is 123 Å². The quantitative estimate of drug-likeness (QED) is 0.842. The van der Waals surface area contributed by atoms with E-state index in [1.165, 1.54) is 44.3 Å². The van der Waals surface area contributed by atoms with Gasteiger partial charge in [0.05, 0.1) is 0 Å². The Morgan fingerprint density at radius 2 is 2.25 bits per heavy atom. The van der Waals surface area contributed by atoms with Gasteiger partial charge >= 0.3 is 0 Å². The highest BCUT2D eigenvalue weighted by molar-refractivity contribution is 5.46. The second-order valence-corrected chi connectivity index (χ2v) is 5.94. The van der Waals surface area contributed by atoms with Crippen molar-refractivity contribution in [2.75, 3.05) is 18.4 Å². The van der Waals surface area contributed by atoms with Gasteiger partial charge in [0.1, 0.15) is 5.82 Å². The molecule has 2 atom stereocenters. The first kappa shape index (κ1) is 15.3. The summed E-state index contributed by atoms with van der Waals surface area (Å²) < 4.78 is 0. The van der Waals surface area contributed by atoms with E-state index < -0.39 is 0 Å². The summed E-state index contributed by atoms with van der Waals surface area (Å²) in [6.07, 6.45) is 8.19. The molecule has 20 heavy (non-hydrogen) atoms. The van der Waals surface area contributed by atoms with Gasteiger partial charge < -0.3 is 5.32 Å². The number of anilines is 1. The molecule has 0 amide bonds. The topological polar surface area (TPSA) is 28.2 Å². The Hall–Kier alpha value is -1.09. The molecule has 1 N–H and O–H groups in total. The van der Waals surface area contributed by atoms with Crippen molar-refractivity contribution in [3.63, 3.8) is 0 Å². The van der Waals surface area contributed by atoms with Crippen molar-refractivity contribution >= 4 is 5.82 Å². The largest absolute Gasteiger partial charge is 0.367 e. The maximum absolute atomic E-state index is 4.60. The number of piperidine rings is 1. The van der Waals surface area contributed by atoms with Crippen molar-refractivity contribution in [2.45, 2.75) is 65.0 Å². The van der Waals surface area contributed by atoms with E-state index in [-0.39, 0.29) is 0 Å². The van der Waals surface area contributed by atoms with Gasteiger partial charge in [0.2, 0.25) is 0 Å². The molecular weight excluding hydrogens is 246 g/mol. The zero-order chi connectivity index (χ0) is 14.4. The molecule has 1 aromatic rings. The molecule has 1 aliphatic rings. The van der Waals surface area contributed by atoms with Crippen LogP contribution in [0.25, 0.3) is 0 Å². The lowest BCUT2D eigenvalue weighted by Gasteiger charge is -2.36. The van der Waals surface area contributed by atoms with Gasteiger partial charge in [0.25, 0.3) is 0 Å². The summed E-state index contributed by atoms with van der Waals surface area (Å²) in [6, 6.07) is 5.36. The first-order chi connectivity index (χ1) is 9.76. The van der Waals surface area contributed by atoms with Crippen LogP contribution < -0.4 is 5.32 Å². The zero-order valence-corrected chi connectivity index (χ0v) is 13.2. The normalized spacial score (nSPS) is 21.6. The van der Waals surface area contributed by atoms with Gasteiger partial charge in [-0.2, -0.15) is 0 Å². The number of hydrogen-bond donors (Lipinski definition) is 1. The molecule has 1 saturated heterocycles. The van der Waals surface area contributed by atoms with Crippen LogP contribution >= 0.6 is 0 Å². The molecule has 112 valence electrons. The zero-order valence-electron chi connectivity index (χ0n) is 13.2. The van der Waals surface area contributed by atoms with Crippen molar-refractivity contribution in [3.8, 4) is 0 Å². The molecule has 1 aliphatic heterocycles. The molecule has 0 radical (unpaired) electrons. The van der Waals surface area contributed by atoms with Crippen LogP contribution in [0.1, 0.15) is 64.5 Å². The summed E-state index contributed by atoms with van der Waals surface area (Å²) in [6.45, 7) is 9.14. The van der Waals surface area contributed by atoms with E-state index in [2.05, 4.69) is 48.1 Å². The van der Waals surface area contributed by atoms with Crippen LogP contribution in [0.2, 0.25) is 0 Å². The number of likely N-dealkylation sites (tertiary alicyclic amines) is 1. The fourth-order valence-electron chi connectivity index (χ4n) is 3.04. The summed E-state index contributed by atoms with van der Waals surface area (Å²) in [5.41, 5.74) is 1.39. The summed E-state index contributed by atoms with van der Waals surface area (Å²) in [5.74, 6) is 1.09. The predicted octanol–water partition coefficient (Wildman–Crippen LogP) is 4.23. The van der Waals surface area contributed by atoms with E-state index >= 15 is 0 Å². The van der Waals surface area contributed by atoms with E-state index in [0.29, 0.717) is 12.1 Å². The van der Waals surface area contributed by atoms with Gasteiger partial charge in [-0.3, -0.25) is 4.90 Å². The summed E-state index contributed by atoms with van der Waals surface area (Å²) >= 11 is 0. The number of rotatable bonds is 6. The van der Waals surface area contributed by atoms with Gasteiger partial charge in [0.15, 0.2) is 0 Å². The number of pyridine rings is 1.